The molecule has 4 rings (SSSR count). The van der Waals surface area contributed by atoms with Gasteiger partial charge in [-0.25, -0.2) is 10.5 Å². The van der Waals surface area contributed by atoms with Crippen molar-refractivity contribution in [2.24, 2.45) is 5.41 Å². The standard InChI is InChI=1S/C27H29ClN4O3/c1-35-21-9-10-25-23(18-21)22(24(28)19-30-25)8-4-11-27(26(33)31-34)12-16-32(17-13-27)15-5-7-20-6-2-3-14-29-20/h2-3,6,9-10,14,18-19,34H,4,8,11-13,15-17H2,1H3,(H,31,33). The number of fused-ring (bicyclic) bond motifs is 1. The van der Waals surface area contributed by atoms with Gasteiger partial charge in [0, 0.05) is 30.9 Å². The summed E-state index contributed by atoms with van der Waals surface area (Å²) in [5, 5.41) is 11.0. The third kappa shape index (κ3) is 5.91. The number of likely N-dealkylation sites (tertiary alicyclic amines) is 1. The number of nitrogens with zero attached hydrogens (tertiary/aromatic N) is 3. The number of piperidine rings is 1. The van der Waals surface area contributed by atoms with E-state index in [0.29, 0.717) is 37.3 Å². The Balaban J connectivity index is 1.40. The molecule has 8 heteroatoms. The van der Waals surface area contributed by atoms with Gasteiger partial charge < -0.3 is 4.74 Å². The van der Waals surface area contributed by atoms with Crippen LogP contribution >= 0.6 is 11.6 Å². The zero-order chi connectivity index (χ0) is 24.7. The largest absolute Gasteiger partial charge is 0.497 e. The second-order valence-corrected chi connectivity index (χ2v) is 9.24. The van der Waals surface area contributed by atoms with Crippen molar-refractivity contribution >= 4 is 28.4 Å². The maximum Gasteiger partial charge on any atom is 0.249 e. The maximum absolute atomic E-state index is 12.7. The van der Waals surface area contributed by atoms with Crippen molar-refractivity contribution in [2.75, 3.05) is 26.7 Å². The normalized spacial score (nSPS) is 15.3. The first-order valence-electron chi connectivity index (χ1n) is 11.7. The van der Waals surface area contributed by atoms with E-state index in [1.807, 2.05) is 41.9 Å². The van der Waals surface area contributed by atoms with Gasteiger partial charge in [-0.2, -0.15) is 0 Å². The zero-order valence-corrected chi connectivity index (χ0v) is 20.5. The molecule has 0 saturated carbocycles. The molecular weight excluding hydrogens is 464 g/mol. The van der Waals surface area contributed by atoms with Crippen molar-refractivity contribution in [2.45, 2.75) is 32.1 Å². The Morgan fingerprint density at radius 3 is 2.80 bits per heavy atom. The molecule has 182 valence electrons. The fraction of sp³-hybridized carbons (Fsp3) is 0.370. The summed E-state index contributed by atoms with van der Waals surface area (Å²) in [5.41, 5.74) is 3.90. The quantitative estimate of drug-likeness (QED) is 0.291. The van der Waals surface area contributed by atoms with Crippen LogP contribution in [0.25, 0.3) is 10.9 Å². The number of rotatable bonds is 7. The van der Waals surface area contributed by atoms with E-state index in [1.165, 1.54) is 0 Å². The number of amides is 1. The van der Waals surface area contributed by atoms with Crippen LogP contribution in [-0.4, -0.2) is 52.7 Å². The van der Waals surface area contributed by atoms with Crippen molar-refractivity contribution in [3.63, 3.8) is 0 Å². The lowest BCUT2D eigenvalue weighted by Crippen LogP contribution is -2.48. The summed E-state index contributed by atoms with van der Waals surface area (Å²) in [6, 6.07) is 11.4. The number of halogens is 1. The van der Waals surface area contributed by atoms with Crippen LogP contribution in [0.2, 0.25) is 5.02 Å². The topological polar surface area (TPSA) is 87.6 Å². The van der Waals surface area contributed by atoms with Gasteiger partial charge in [0.05, 0.1) is 29.6 Å². The van der Waals surface area contributed by atoms with Crippen LogP contribution in [0.1, 0.15) is 36.9 Å². The lowest BCUT2D eigenvalue weighted by Gasteiger charge is -2.39. The molecule has 0 bridgehead atoms. The summed E-state index contributed by atoms with van der Waals surface area (Å²) in [6.45, 7) is 2.09. The Kier molecular flexibility index (Phi) is 8.19. The van der Waals surface area contributed by atoms with Gasteiger partial charge in [-0.3, -0.25) is 19.9 Å². The molecule has 1 saturated heterocycles. The number of benzene rings is 1. The highest BCUT2D eigenvalue weighted by Crippen LogP contribution is 2.38. The Morgan fingerprint density at radius 2 is 2.09 bits per heavy atom. The number of carbonyl (C=O) groups excluding carboxylic acids is 1. The summed E-state index contributed by atoms with van der Waals surface area (Å²) in [6.07, 6.45) is 6.81. The van der Waals surface area contributed by atoms with E-state index in [4.69, 9.17) is 16.3 Å². The molecule has 1 aliphatic heterocycles. The number of nitrogens with one attached hydrogen (secondary N) is 1. The van der Waals surface area contributed by atoms with Gasteiger partial charge in [-0.1, -0.05) is 23.6 Å². The first-order valence-corrected chi connectivity index (χ1v) is 12.1. The Labute approximate surface area is 210 Å². The predicted octanol–water partition coefficient (Wildman–Crippen LogP) is 4.25. The Bertz CT molecular complexity index is 1230. The van der Waals surface area contributed by atoms with Crippen LogP contribution in [-0.2, 0) is 11.2 Å². The van der Waals surface area contributed by atoms with Crippen LogP contribution in [0.4, 0.5) is 0 Å². The molecule has 35 heavy (non-hydrogen) atoms. The van der Waals surface area contributed by atoms with E-state index in [1.54, 1.807) is 19.5 Å². The number of methoxy groups -OCH3 is 1. The van der Waals surface area contributed by atoms with Crippen molar-refractivity contribution in [1.82, 2.24) is 20.3 Å². The van der Waals surface area contributed by atoms with Crippen molar-refractivity contribution in [3.05, 3.63) is 65.1 Å². The second-order valence-electron chi connectivity index (χ2n) is 8.84. The molecule has 0 unspecified atom stereocenters. The van der Waals surface area contributed by atoms with Gasteiger partial charge in [0.2, 0.25) is 5.91 Å². The monoisotopic (exact) mass is 492 g/mol. The number of hydroxylamine groups is 1. The van der Waals surface area contributed by atoms with E-state index in [9.17, 15) is 10.0 Å². The molecule has 0 spiro atoms. The minimum atomic E-state index is -0.618. The molecule has 1 amide bonds. The zero-order valence-electron chi connectivity index (χ0n) is 19.8. The SMILES string of the molecule is COc1ccc2ncc(Cl)c(CCCC3(C(=O)NO)CCN(CC#Cc4ccccn4)CC3)c2c1. The average Bonchev–Trinajstić information content (AvgIpc) is 2.90. The molecule has 0 atom stereocenters. The molecule has 2 N–H and O–H groups in total. The van der Waals surface area contributed by atoms with Crippen LogP contribution < -0.4 is 10.2 Å². The first kappa shape index (κ1) is 24.9. The number of aromatic nitrogens is 2. The van der Waals surface area contributed by atoms with E-state index in [-0.39, 0.29) is 5.91 Å². The fourth-order valence-electron chi connectivity index (χ4n) is 4.71. The molecule has 3 aromatic rings. The lowest BCUT2D eigenvalue weighted by atomic mass is 9.73. The van der Waals surface area contributed by atoms with Gasteiger partial charge >= 0.3 is 0 Å². The number of hydrogen-bond acceptors (Lipinski definition) is 6. The van der Waals surface area contributed by atoms with Gasteiger partial charge in [-0.05, 0) is 73.9 Å². The third-order valence-corrected chi connectivity index (χ3v) is 7.12. The van der Waals surface area contributed by atoms with Crippen LogP contribution in [0.15, 0.2) is 48.8 Å². The second kappa shape index (κ2) is 11.5. The molecule has 3 heterocycles. The number of pyridine rings is 2. The molecule has 1 aliphatic rings. The molecular formula is C27H29ClN4O3. The third-order valence-electron chi connectivity index (χ3n) is 6.80. The highest BCUT2D eigenvalue weighted by Gasteiger charge is 2.40. The van der Waals surface area contributed by atoms with Crippen molar-refractivity contribution < 1.29 is 14.7 Å². The first-order chi connectivity index (χ1) is 17.0. The smallest absolute Gasteiger partial charge is 0.249 e. The van der Waals surface area contributed by atoms with Gasteiger partial charge in [0.15, 0.2) is 0 Å². The van der Waals surface area contributed by atoms with Crippen molar-refractivity contribution in [1.29, 1.82) is 0 Å². The Morgan fingerprint density at radius 1 is 1.26 bits per heavy atom. The molecule has 0 radical (unpaired) electrons. The minimum Gasteiger partial charge on any atom is -0.497 e. The summed E-state index contributed by atoms with van der Waals surface area (Å²) in [5.74, 6) is 6.68. The average molecular weight is 493 g/mol. The molecule has 2 aromatic heterocycles. The summed E-state index contributed by atoms with van der Waals surface area (Å²) < 4.78 is 5.37. The number of carbonyl (C=O) groups is 1. The van der Waals surface area contributed by atoms with Gasteiger partial charge in [0.1, 0.15) is 11.4 Å². The summed E-state index contributed by atoms with van der Waals surface area (Å²) in [7, 11) is 1.63. The van der Waals surface area contributed by atoms with E-state index < -0.39 is 5.41 Å². The van der Waals surface area contributed by atoms with Gasteiger partial charge in [0.25, 0.3) is 0 Å². The highest BCUT2D eigenvalue weighted by molar-refractivity contribution is 6.32. The summed E-state index contributed by atoms with van der Waals surface area (Å²) in [4.78, 5) is 23.6. The highest BCUT2D eigenvalue weighted by atomic mass is 35.5. The number of hydrogen-bond donors (Lipinski definition) is 2. The maximum atomic E-state index is 12.7. The molecule has 1 aromatic carbocycles. The van der Waals surface area contributed by atoms with E-state index in [2.05, 4.69) is 26.7 Å². The minimum absolute atomic E-state index is 0.316. The van der Waals surface area contributed by atoms with E-state index in [0.717, 1.165) is 47.4 Å². The summed E-state index contributed by atoms with van der Waals surface area (Å²) >= 11 is 6.51. The fourth-order valence-corrected chi connectivity index (χ4v) is 4.96. The van der Waals surface area contributed by atoms with Crippen molar-refractivity contribution in [3.8, 4) is 17.6 Å². The molecule has 7 nitrogen and oxygen atoms in total. The van der Waals surface area contributed by atoms with Crippen LogP contribution in [0, 0.1) is 17.3 Å². The Hall–Kier alpha value is -3.18. The predicted molar refractivity (Wildman–Crippen MR) is 135 cm³/mol. The van der Waals surface area contributed by atoms with Gasteiger partial charge in [-0.15, -0.1) is 0 Å². The lowest BCUT2D eigenvalue weighted by molar-refractivity contribution is -0.143. The van der Waals surface area contributed by atoms with E-state index >= 15 is 0 Å². The van der Waals surface area contributed by atoms with Crippen LogP contribution in [0.5, 0.6) is 5.75 Å². The molecule has 1 fully saturated rings. The van der Waals surface area contributed by atoms with Crippen LogP contribution in [0.3, 0.4) is 0 Å². The molecule has 0 aliphatic carbocycles. The number of aryl methyl sites for hydroxylation is 1. The number of ether oxygens (including phenoxy) is 1.